The second-order valence-corrected chi connectivity index (χ2v) is 5.14. The third-order valence-corrected chi connectivity index (χ3v) is 3.47. The van der Waals surface area contributed by atoms with Crippen LogP contribution in [0.25, 0.3) is 11.3 Å². The molecule has 1 atom stereocenters. The number of halogens is 2. The van der Waals surface area contributed by atoms with Crippen LogP contribution >= 0.6 is 15.9 Å². The summed E-state index contributed by atoms with van der Waals surface area (Å²) in [7, 11) is 1.92. The maximum absolute atomic E-state index is 13.2. The maximum atomic E-state index is 13.2. The van der Waals surface area contributed by atoms with Gasteiger partial charge in [0, 0.05) is 18.0 Å². The van der Waals surface area contributed by atoms with Crippen molar-refractivity contribution in [3.63, 3.8) is 0 Å². The molecule has 0 saturated carbocycles. The van der Waals surface area contributed by atoms with E-state index >= 15 is 0 Å². The van der Waals surface area contributed by atoms with Gasteiger partial charge in [0.15, 0.2) is 0 Å². The summed E-state index contributed by atoms with van der Waals surface area (Å²) in [5, 5.41) is 3.16. The molecule has 0 radical (unpaired) electrons. The first-order valence-electron chi connectivity index (χ1n) is 5.81. The smallest absolute Gasteiger partial charge is 0.137 e. The quantitative estimate of drug-likeness (QED) is 0.923. The molecule has 0 bridgehead atoms. The normalized spacial score (nSPS) is 12.7. The number of benzene rings is 1. The van der Waals surface area contributed by atoms with Crippen LogP contribution in [-0.2, 0) is 6.42 Å². The van der Waals surface area contributed by atoms with Gasteiger partial charge < -0.3 is 9.73 Å². The first-order valence-corrected chi connectivity index (χ1v) is 6.61. The molecule has 18 heavy (non-hydrogen) atoms. The van der Waals surface area contributed by atoms with Crippen molar-refractivity contribution in [1.82, 2.24) is 5.32 Å². The fourth-order valence-electron chi connectivity index (χ4n) is 1.70. The summed E-state index contributed by atoms with van der Waals surface area (Å²) in [4.78, 5) is 0. The summed E-state index contributed by atoms with van der Waals surface area (Å²) in [6, 6.07) is 9.10. The third kappa shape index (κ3) is 3.00. The number of rotatable bonds is 4. The average Bonchev–Trinajstić information content (AvgIpc) is 2.81. The Labute approximate surface area is 114 Å². The standard InChI is InChI=1S/C14H15BrFNO/c1-9(17-2)7-11-4-6-14(18-11)10-3-5-13(16)12(15)8-10/h3-6,8-9,17H,7H2,1-2H3. The van der Waals surface area contributed by atoms with Crippen molar-refractivity contribution < 1.29 is 8.81 Å². The zero-order valence-corrected chi connectivity index (χ0v) is 11.9. The van der Waals surface area contributed by atoms with Crippen LogP contribution < -0.4 is 5.32 Å². The summed E-state index contributed by atoms with van der Waals surface area (Å²) >= 11 is 3.17. The number of nitrogens with one attached hydrogen (secondary N) is 1. The molecule has 1 unspecified atom stereocenters. The molecule has 0 spiro atoms. The molecule has 1 heterocycles. The van der Waals surface area contributed by atoms with Gasteiger partial charge in [-0.05, 0) is 60.2 Å². The zero-order valence-electron chi connectivity index (χ0n) is 10.3. The fourth-order valence-corrected chi connectivity index (χ4v) is 2.07. The predicted octanol–water partition coefficient (Wildman–Crippen LogP) is 4.00. The van der Waals surface area contributed by atoms with E-state index in [1.54, 1.807) is 12.1 Å². The first kappa shape index (κ1) is 13.3. The summed E-state index contributed by atoms with van der Waals surface area (Å²) in [5.41, 5.74) is 0.867. The molecule has 0 saturated heterocycles. The van der Waals surface area contributed by atoms with Crippen molar-refractivity contribution in [3.8, 4) is 11.3 Å². The van der Waals surface area contributed by atoms with Gasteiger partial charge in [0.1, 0.15) is 17.3 Å². The Hall–Kier alpha value is -1.13. The van der Waals surface area contributed by atoms with Gasteiger partial charge in [0.05, 0.1) is 4.47 Å². The van der Waals surface area contributed by atoms with Gasteiger partial charge in [-0.25, -0.2) is 4.39 Å². The Morgan fingerprint density at radius 1 is 1.33 bits per heavy atom. The largest absolute Gasteiger partial charge is 0.461 e. The summed E-state index contributed by atoms with van der Waals surface area (Å²) in [5.74, 6) is 1.41. The van der Waals surface area contributed by atoms with Crippen LogP contribution in [0.1, 0.15) is 12.7 Å². The molecular weight excluding hydrogens is 297 g/mol. The molecule has 2 rings (SSSR count). The molecule has 0 amide bonds. The van der Waals surface area contributed by atoms with Gasteiger partial charge >= 0.3 is 0 Å². The lowest BCUT2D eigenvalue weighted by atomic mass is 10.2. The molecule has 0 aliphatic carbocycles. The minimum atomic E-state index is -0.269. The fraction of sp³-hybridized carbons (Fsp3) is 0.286. The number of likely N-dealkylation sites (N-methyl/N-ethyl adjacent to an activating group) is 1. The van der Waals surface area contributed by atoms with Crippen LogP contribution in [0.5, 0.6) is 0 Å². The molecule has 1 N–H and O–H groups in total. The maximum Gasteiger partial charge on any atom is 0.137 e. The van der Waals surface area contributed by atoms with E-state index in [0.29, 0.717) is 10.5 Å². The molecule has 0 aliphatic heterocycles. The topological polar surface area (TPSA) is 25.2 Å². The van der Waals surface area contributed by atoms with E-state index in [0.717, 1.165) is 23.5 Å². The van der Waals surface area contributed by atoms with Gasteiger partial charge in [0.2, 0.25) is 0 Å². The first-order chi connectivity index (χ1) is 8.60. The zero-order chi connectivity index (χ0) is 13.1. The molecule has 2 aromatic rings. The summed E-state index contributed by atoms with van der Waals surface area (Å²) < 4.78 is 19.4. The van der Waals surface area contributed by atoms with Crippen LogP contribution in [0.15, 0.2) is 39.2 Å². The highest BCUT2D eigenvalue weighted by Crippen LogP contribution is 2.27. The minimum Gasteiger partial charge on any atom is -0.461 e. The van der Waals surface area contributed by atoms with Crippen LogP contribution in [-0.4, -0.2) is 13.1 Å². The molecule has 4 heteroatoms. The molecular formula is C14H15BrFNO. The SMILES string of the molecule is CNC(C)Cc1ccc(-c2ccc(F)c(Br)c2)o1. The Kier molecular flexibility index (Phi) is 4.19. The summed E-state index contributed by atoms with van der Waals surface area (Å²) in [6.07, 6.45) is 0.832. The van der Waals surface area contributed by atoms with Gasteiger partial charge in [-0.2, -0.15) is 0 Å². The Bertz CT molecular complexity index is 538. The van der Waals surface area contributed by atoms with E-state index in [-0.39, 0.29) is 5.82 Å². The van der Waals surface area contributed by atoms with Crippen LogP contribution in [0, 0.1) is 5.82 Å². The highest BCUT2D eigenvalue weighted by atomic mass is 79.9. The third-order valence-electron chi connectivity index (χ3n) is 2.87. The lowest BCUT2D eigenvalue weighted by molar-refractivity contribution is 0.481. The number of furan rings is 1. The second-order valence-electron chi connectivity index (χ2n) is 4.29. The number of hydrogen-bond donors (Lipinski definition) is 1. The predicted molar refractivity (Wildman–Crippen MR) is 74.0 cm³/mol. The molecule has 0 fully saturated rings. The second kappa shape index (κ2) is 5.67. The Morgan fingerprint density at radius 3 is 2.78 bits per heavy atom. The van der Waals surface area contributed by atoms with E-state index in [4.69, 9.17) is 4.42 Å². The van der Waals surface area contributed by atoms with Crippen LogP contribution in [0.4, 0.5) is 4.39 Å². The minimum absolute atomic E-state index is 0.269. The molecule has 0 aliphatic rings. The lowest BCUT2D eigenvalue weighted by Crippen LogP contribution is -2.23. The van der Waals surface area contributed by atoms with Gasteiger partial charge in [-0.1, -0.05) is 0 Å². The van der Waals surface area contributed by atoms with E-state index in [1.165, 1.54) is 6.07 Å². The molecule has 96 valence electrons. The van der Waals surface area contributed by atoms with Crippen LogP contribution in [0.3, 0.4) is 0 Å². The number of hydrogen-bond acceptors (Lipinski definition) is 2. The highest BCUT2D eigenvalue weighted by Gasteiger charge is 2.09. The summed E-state index contributed by atoms with van der Waals surface area (Å²) in [6.45, 7) is 2.09. The van der Waals surface area contributed by atoms with E-state index < -0.39 is 0 Å². The lowest BCUT2D eigenvalue weighted by Gasteiger charge is -2.06. The molecule has 2 nitrogen and oxygen atoms in total. The van der Waals surface area contributed by atoms with Crippen molar-refractivity contribution in [3.05, 3.63) is 46.4 Å². The van der Waals surface area contributed by atoms with E-state index in [9.17, 15) is 4.39 Å². The van der Waals surface area contributed by atoms with Crippen molar-refractivity contribution in [2.45, 2.75) is 19.4 Å². The monoisotopic (exact) mass is 311 g/mol. The Morgan fingerprint density at radius 2 is 2.11 bits per heavy atom. The van der Waals surface area contributed by atoms with E-state index in [2.05, 4.69) is 28.2 Å². The van der Waals surface area contributed by atoms with Gasteiger partial charge in [-0.3, -0.25) is 0 Å². The van der Waals surface area contributed by atoms with E-state index in [1.807, 2.05) is 19.2 Å². The van der Waals surface area contributed by atoms with Gasteiger partial charge in [-0.15, -0.1) is 0 Å². The average molecular weight is 312 g/mol. The van der Waals surface area contributed by atoms with Crippen LogP contribution in [0.2, 0.25) is 0 Å². The highest BCUT2D eigenvalue weighted by molar-refractivity contribution is 9.10. The van der Waals surface area contributed by atoms with Crippen molar-refractivity contribution in [1.29, 1.82) is 0 Å². The van der Waals surface area contributed by atoms with Crippen molar-refractivity contribution in [2.75, 3.05) is 7.05 Å². The van der Waals surface area contributed by atoms with Gasteiger partial charge in [0.25, 0.3) is 0 Å². The molecule has 1 aromatic carbocycles. The van der Waals surface area contributed by atoms with Crippen molar-refractivity contribution in [2.24, 2.45) is 0 Å². The molecule has 1 aromatic heterocycles. The van der Waals surface area contributed by atoms with Crippen molar-refractivity contribution >= 4 is 15.9 Å². The Balaban J connectivity index is 2.21.